The van der Waals surface area contributed by atoms with Crippen molar-refractivity contribution in [2.45, 2.75) is 32.6 Å². The number of amides is 1. The van der Waals surface area contributed by atoms with Gasteiger partial charge in [0.2, 0.25) is 5.91 Å². The van der Waals surface area contributed by atoms with E-state index >= 15 is 0 Å². The normalized spacial score (nSPS) is 17.2. The van der Waals surface area contributed by atoms with Crippen molar-refractivity contribution < 1.29 is 9.53 Å². The molecule has 0 saturated heterocycles. The molecule has 0 saturated carbocycles. The van der Waals surface area contributed by atoms with Crippen LogP contribution in [0.25, 0.3) is 0 Å². The molecule has 1 aliphatic rings. The summed E-state index contributed by atoms with van der Waals surface area (Å²) in [6.07, 6.45) is 1.37. The molecular weight excluding hydrogens is 266 g/mol. The summed E-state index contributed by atoms with van der Waals surface area (Å²) in [6.45, 7) is 4.73. The predicted octanol–water partition coefficient (Wildman–Crippen LogP) is 2.98. The van der Waals surface area contributed by atoms with Gasteiger partial charge in [-0.25, -0.2) is 0 Å². The maximum atomic E-state index is 11.9. The average Bonchev–Trinajstić information content (AvgIpc) is 2.86. The van der Waals surface area contributed by atoms with Gasteiger partial charge in [-0.3, -0.25) is 9.89 Å². The summed E-state index contributed by atoms with van der Waals surface area (Å²) in [5, 5.41) is 9.95. The lowest BCUT2D eigenvalue weighted by Crippen LogP contribution is -2.23. The second kappa shape index (κ2) is 5.60. The summed E-state index contributed by atoms with van der Waals surface area (Å²) in [5.41, 5.74) is 3.09. The molecule has 5 heteroatoms. The fourth-order valence-corrected chi connectivity index (χ4v) is 2.81. The molecule has 1 aliphatic heterocycles. The number of nitrogens with zero attached hydrogens (tertiary/aromatic N) is 1. The van der Waals surface area contributed by atoms with Gasteiger partial charge in [0.05, 0.1) is 6.61 Å². The highest BCUT2D eigenvalue weighted by molar-refractivity contribution is 5.94. The standard InChI is InChI=1S/C16H19N3O2/c1-3-8-21-13-7-5-4-6-11(13)12-9-14(20)17-16-15(12)10(2)18-19-16/h4-7,12H,3,8-9H2,1-2H3,(H2,17,18,19,20)/t12-/m0/s1. The van der Waals surface area contributed by atoms with Gasteiger partial charge in [0, 0.05) is 29.2 Å². The summed E-state index contributed by atoms with van der Waals surface area (Å²) in [4.78, 5) is 11.9. The van der Waals surface area contributed by atoms with Crippen LogP contribution in [0.1, 0.15) is 42.5 Å². The first-order valence-electron chi connectivity index (χ1n) is 7.27. The van der Waals surface area contributed by atoms with Crippen molar-refractivity contribution >= 4 is 11.7 Å². The first-order valence-corrected chi connectivity index (χ1v) is 7.27. The Morgan fingerprint density at radius 2 is 2.19 bits per heavy atom. The van der Waals surface area contributed by atoms with Crippen LogP contribution in [-0.4, -0.2) is 22.7 Å². The Balaban J connectivity index is 2.04. The van der Waals surface area contributed by atoms with E-state index in [-0.39, 0.29) is 11.8 Å². The SMILES string of the molecule is CCCOc1ccccc1[C@@H]1CC(=O)Nc2n[nH]c(C)c21. The van der Waals surface area contributed by atoms with E-state index in [9.17, 15) is 4.79 Å². The first-order chi connectivity index (χ1) is 10.2. The minimum Gasteiger partial charge on any atom is -0.493 e. The molecule has 0 unspecified atom stereocenters. The lowest BCUT2D eigenvalue weighted by Gasteiger charge is -2.24. The minimum absolute atomic E-state index is 0.00991. The van der Waals surface area contributed by atoms with Crippen LogP contribution in [0.15, 0.2) is 24.3 Å². The molecular formula is C16H19N3O2. The summed E-state index contributed by atoms with van der Waals surface area (Å²) < 4.78 is 5.84. The van der Waals surface area contributed by atoms with Crippen molar-refractivity contribution in [1.29, 1.82) is 0 Å². The molecule has 2 heterocycles. The number of H-pyrrole nitrogens is 1. The second-order valence-electron chi connectivity index (χ2n) is 5.30. The third-order valence-electron chi connectivity index (χ3n) is 3.75. The van der Waals surface area contributed by atoms with Crippen LogP contribution in [0.3, 0.4) is 0 Å². The Kier molecular flexibility index (Phi) is 3.64. The summed E-state index contributed by atoms with van der Waals surface area (Å²) in [7, 11) is 0. The number of carbonyl (C=O) groups excluding carboxylic acids is 1. The fraction of sp³-hybridized carbons (Fsp3) is 0.375. The maximum Gasteiger partial charge on any atom is 0.226 e. The zero-order valence-corrected chi connectivity index (χ0v) is 12.3. The Labute approximate surface area is 123 Å². The van der Waals surface area contributed by atoms with E-state index in [2.05, 4.69) is 22.4 Å². The minimum atomic E-state index is -0.0134. The quantitative estimate of drug-likeness (QED) is 0.907. The van der Waals surface area contributed by atoms with Crippen molar-refractivity contribution in [3.8, 4) is 5.75 Å². The van der Waals surface area contributed by atoms with Crippen LogP contribution in [0.4, 0.5) is 5.82 Å². The van der Waals surface area contributed by atoms with Crippen LogP contribution in [0.2, 0.25) is 0 Å². The van der Waals surface area contributed by atoms with Crippen molar-refractivity contribution in [3.05, 3.63) is 41.1 Å². The third-order valence-corrected chi connectivity index (χ3v) is 3.75. The number of carbonyl (C=O) groups is 1. The van der Waals surface area contributed by atoms with Crippen molar-refractivity contribution in [2.75, 3.05) is 11.9 Å². The van der Waals surface area contributed by atoms with Crippen molar-refractivity contribution in [3.63, 3.8) is 0 Å². The molecule has 2 aromatic rings. The molecule has 1 atom stereocenters. The van der Waals surface area contributed by atoms with Gasteiger partial charge < -0.3 is 10.1 Å². The molecule has 110 valence electrons. The summed E-state index contributed by atoms with van der Waals surface area (Å²) >= 11 is 0. The number of ether oxygens (including phenoxy) is 1. The van der Waals surface area contributed by atoms with Crippen LogP contribution in [0, 0.1) is 6.92 Å². The van der Waals surface area contributed by atoms with Gasteiger partial charge in [-0.05, 0) is 19.4 Å². The van der Waals surface area contributed by atoms with Gasteiger partial charge in [-0.1, -0.05) is 25.1 Å². The Hall–Kier alpha value is -2.30. The van der Waals surface area contributed by atoms with Gasteiger partial charge in [-0.2, -0.15) is 5.10 Å². The monoisotopic (exact) mass is 285 g/mol. The molecule has 5 nitrogen and oxygen atoms in total. The molecule has 1 aromatic carbocycles. The van der Waals surface area contributed by atoms with E-state index in [4.69, 9.17) is 4.74 Å². The largest absolute Gasteiger partial charge is 0.493 e. The van der Waals surface area contributed by atoms with Gasteiger partial charge in [0.25, 0.3) is 0 Å². The van der Waals surface area contributed by atoms with Crippen LogP contribution in [-0.2, 0) is 4.79 Å². The van der Waals surface area contributed by atoms with E-state index < -0.39 is 0 Å². The zero-order valence-electron chi connectivity index (χ0n) is 12.3. The molecule has 3 rings (SSSR count). The number of rotatable bonds is 4. The van der Waals surface area contributed by atoms with E-state index in [1.54, 1.807) is 0 Å². The number of anilines is 1. The Morgan fingerprint density at radius 3 is 3.00 bits per heavy atom. The van der Waals surface area contributed by atoms with Gasteiger partial charge in [0.1, 0.15) is 5.75 Å². The molecule has 1 aromatic heterocycles. The molecule has 0 bridgehead atoms. The number of para-hydroxylation sites is 1. The Morgan fingerprint density at radius 1 is 1.38 bits per heavy atom. The smallest absolute Gasteiger partial charge is 0.226 e. The maximum absolute atomic E-state index is 11.9. The van der Waals surface area contributed by atoms with Gasteiger partial charge >= 0.3 is 0 Å². The number of nitrogens with one attached hydrogen (secondary N) is 2. The average molecular weight is 285 g/mol. The molecule has 0 radical (unpaired) electrons. The highest BCUT2D eigenvalue weighted by atomic mass is 16.5. The molecule has 1 amide bonds. The second-order valence-corrected chi connectivity index (χ2v) is 5.30. The number of hydrogen-bond acceptors (Lipinski definition) is 3. The number of aryl methyl sites for hydroxylation is 1. The van der Waals surface area contributed by atoms with E-state index in [1.807, 2.05) is 31.2 Å². The predicted molar refractivity (Wildman–Crippen MR) is 80.6 cm³/mol. The van der Waals surface area contributed by atoms with E-state index in [0.29, 0.717) is 18.8 Å². The number of benzene rings is 1. The van der Waals surface area contributed by atoms with Crippen LogP contribution < -0.4 is 10.1 Å². The number of aromatic amines is 1. The molecule has 0 fully saturated rings. The number of aromatic nitrogens is 2. The summed E-state index contributed by atoms with van der Waals surface area (Å²) in [5.74, 6) is 1.47. The molecule has 21 heavy (non-hydrogen) atoms. The first kappa shape index (κ1) is 13.7. The third kappa shape index (κ3) is 2.51. The summed E-state index contributed by atoms with van der Waals surface area (Å²) in [6, 6.07) is 7.94. The van der Waals surface area contributed by atoms with Gasteiger partial charge in [-0.15, -0.1) is 0 Å². The lowest BCUT2D eigenvalue weighted by molar-refractivity contribution is -0.116. The van der Waals surface area contributed by atoms with Crippen LogP contribution in [0.5, 0.6) is 5.75 Å². The lowest BCUT2D eigenvalue weighted by atomic mass is 9.85. The molecule has 0 spiro atoms. The van der Waals surface area contributed by atoms with E-state index in [0.717, 1.165) is 29.0 Å². The Bertz CT molecular complexity index is 663. The van der Waals surface area contributed by atoms with E-state index in [1.165, 1.54) is 0 Å². The van der Waals surface area contributed by atoms with Crippen LogP contribution >= 0.6 is 0 Å². The highest BCUT2D eigenvalue weighted by Crippen LogP contribution is 2.41. The highest BCUT2D eigenvalue weighted by Gasteiger charge is 2.31. The molecule has 2 N–H and O–H groups in total. The van der Waals surface area contributed by atoms with Crippen molar-refractivity contribution in [2.24, 2.45) is 0 Å². The van der Waals surface area contributed by atoms with Gasteiger partial charge in [0.15, 0.2) is 5.82 Å². The number of fused-ring (bicyclic) bond motifs is 1. The molecule has 0 aliphatic carbocycles. The number of hydrogen-bond donors (Lipinski definition) is 2. The fourth-order valence-electron chi connectivity index (χ4n) is 2.81. The topological polar surface area (TPSA) is 67.0 Å². The zero-order chi connectivity index (χ0) is 14.8. The van der Waals surface area contributed by atoms with Crippen molar-refractivity contribution in [1.82, 2.24) is 10.2 Å².